The molecule has 126 valence electrons. The van der Waals surface area contributed by atoms with E-state index in [4.69, 9.17) is 4.74 Å². The van der Waals surface area contributed by atoms with Crippen LogP contribution in [0.5, 0.6) is 5.75 Å². The maximum Gasteiger partial charge on any atom is 0.262 e. The Morgan fingerprint density at radius 1 is 1.08 bits per heavy atom. The number of nitrogens with one attached hydrogen (secondary N) is 1. The summed E-state index contributed by atoms with van der Waals surface area (Å²) in [6.07, 6.45) is 0. The number of ether oxygens (including phenoxy) is 1. The molecule has 2 aromatic carbocycles. The molecule has 0 fully saturated rings. The Bertz CT molecular complexity index is 1130. The second kappa shape index (κ2) is 5.94. The molecule has 0 radical (unpaired) electrons. The molecule has 0 aliphatic carbocycles. The van der Waals surface area contributed by atoms with E-state index in [0.29, 0.717) is 23.5 Å². The molecule has 0 aliphatic rings. The highest BCUT2D eigenvalue weighted by Crippen LogP contribution is 2.23. The number of para-hydroxylation sites is 3. The molecule has 0 atom stereocenters. The smallest absolute Gasteiger partial charge is 0.262 e. The summed E-state index contributed by atoms with van der Waals surface area (Å²) in [5.74, 6) is 1.99. The third kappa shape index (κ3) is 2.40. The van der Waals surface area contributed by atoms with Gasteiger partial charge in [0.05, 0.1) is 30.2 Å². The summed E-state index contributed by atoms with van der Waals surface area (Å²) in [5, 5.41) is 12.4. The molecule has 4 aromatic rings. The molecule has 7 nitrogen and oxygen atoms in total. The molecule has 7 heteroatoms. The lowest BCUT2D eigenvalue weighted by atomic mass is 10.2. The quantitative estimate of drug-likeness (QED) is 0.619. The van der Waals surface area contributed by atoms with E-state index in [1.165, 1.54) is 4.57 Å². The number of aromatic nitrogens is 4. The minimum atomic E-state index is -0.0836. The number of benzene rings is 2. The average molecular weight is 335 g/mol. The number of nitrogens with zero attached hydrogens (tertiary/aromatic N) is 4. The second-order valence-electron chi connectivity index (χ2n) is 5.69. The molecule has 2 heterocycles. The Balaban J connectivity index is 1.82. The predicted molar refractivity (Wildman–Crippen MR) is 96.1 cm³/mol. The van der Waals surface area contributed by atoms with Gasteiger partial charge in [0, 0.05) is 7.05 Å². The van der Waals surface area contributed by atoms with Crippen molar-refractivity contribution in [1.82, 2.24) is 19.2 Å². The lowest BCUT2D eigenvalue weighted by molar-refractivity contribution is 0.416. The van der Waals surface area contributed by atoms with Crippen molar-refractivity contribution in [3.63, 3.8) is 0 Å². The summed E-state index contributed by atoms with van der Waals surface area (Å²) >= 11 is 0. The van der Waals surface area contributed by atoms with Crippen LogP contribution in [0.1, 0.15) is 5.82 Å². The van der Waals surface area contributed by atoms with Crippen LogP contribution in [0.4, 0.5) is 5.69 Å². The fourth-order valence-electron chi connectivity index (χ4n) is 2.97. The van der Waals surface area contributed by atoms with Crippen LogP contribution in [0.2, 0.25) is 0 Å². The summed E-state index contributed by atoms with van der Waals surface area (Å²) in [5.41, 5.74) is 1.58. The van der Waals surface area contributed by atoms with Gasteiger partial charge in [-0.2, -0.15) is 0 Å². The van der Waals surface area contributed by atoms with Gasteiger partial charge >= 0.3 is 0 Å². The van der Waals surface area contributed by atoms with Crippen molar-refractivity contribution >= 4 is 22.4 Å². The monoisotopic (exact) mass is 335 g/mol. The van der Waals surface area contributed by atoms with Crippen molar-refractivity contribution in [2.45, 2.75) is 6.54 Å². The SMILES string of the molecule is COc1ccccc1NCc1nnc2n(C)c(=O)c3ccccc3n12. The van der Waals surface area contributed by atoms with Gasteiger partial charge in [-0.1, -0.05) is 24.3 Å². The number of hydrogen-bond donors (Lipinski definition) is 1. The minimum absolute atomic E-state index is 0.0836. The highest BCUT2D eigenvalue weighted by atomic mass is 16.5. The number of hydrogen-bond acceptors (Lipinski definition) is 5. The second-order valence-corrected chi connectivity index (χ2v) is 5.69. The number of methoxy groups -OCH3 is 1. The first-order valence-corrected chi connectivity index (χ1v) is 7.89. The Labute approximate surface area is 143 Å². The lowest BCUT2D eigenvalue weighted by Gasteiger charge is -2.11. The van der Waals surface area contributed by atoms with Crippen molar-refractivity contribution < 1.29 is 4.74 Å². The molecule has 0 saturated carbocycles. The van der Waals surface area contributed by atoms with Gasteiger partial charge in [-0.3, -0.25) is 13.8 Å². The number of rotatable bonds is 4. The fourth-order valence-corrected chi connectivity index (χ4v) is 2.97. The van der Waals surface area contributed by atoms with Gasteiger partial charge in [0.15, 0.2) is 5.82 Å². The van der Waals surface area contributed by atoms with Gasteiger partial charge in [-0.05, 0) is 24.3 Å². The zero-order valence-corrected chi connectivity index (χ0v) is 13.9. The first-order chi connectivity index (χ1) is 12.2. The largest absolute Gasteiger partial charge is 0.495 e. The lowest BCUT2D eigenvalue weighted by Crippen LogP contribution is -2.20. The highest BCUT2D eigenvalue weighted by Gasteiger charge is 2.14. The van der Waals surface area contributed by atoms with Crippen LogP contribution >= 0.6 is 0 Å². The molecule has 25 heavy (non-hydrogen) atoms. The van der Waals surface area contributed by atoms with E-state index in [-0.39, 0.29) is 5.56 Å². The zero-order valence-electron chi connectivity index (χ0n) is 13.9. The first kappa shape index (κ1) is 15.2. The molecular formula is C18H17N5O2. The summed E-state index contributed by atoms with van der Waals surface area (Å²) in [7, 11) is 3.34. The molecular weight excluding hydrogens is 318 g/mol. The maximum absolute atomic E-state index is 12.5. The Hall–Kier alpha value is -3.35. The van der Waals surface area contributed by atoms with E-state index in [1.54, 1.807) is 14.2 Å². The van der Waals surface area contributed by atoms with Crippen LogP contribution in [0.15, 0.2) is 53.3 Å². The van der Waals surface area contributed by atoms with Gasteiger partial charge < -0.3 is 10.1 Å². The van der Waals surface area contributed by atoms with Gasteiger partial charge in [0.1, 0.15) is 5.75 Å². The molecule has 0 bridgehead atoms. The minimum Gasteiger partial charge on any atom is -0.495 e. The van der Waals surface area contributed by atoms with Crippen molar-refractivity contribution in [2.24, 2.45) is 7.05 Å². The van der Waals surface area contributed by atoms with E-state index in [0.717, 1.165) is 17.0 Å². The molecule has 0 aliphatic heterocycles. The molecule has 0 saturated heterocycles. The van der Waals surface area contributed by atoms with Crippen LogP contribution < -0.4 is 15.6 Å². The number of anilines is 1. The molecule has 2 aromatic heterocycles. The maximum atomic E-state index is 12.5. The van der Waals surface area contributed by atoms with Crippen LogP contribution in [0.3, 0.4) is 0 Å². The Kier molecular flexibility index (Phi) is 3.61. The average Bonchev–Trinajstić information content (AvgIpc) is 3.09. The number of fused-ring (bicyclic) bond motifs is 3. The number of aryl methyl sites for hydroxylation is 1. The fraction of sp³-hybridized carbons (Fsp3) is 0.167. The van der Waals surface area contributed by atoms with Gasteiger partial charge in [-0.15, -0.1) is 10.2 Å². The standard InChI is InChI=1S/C18H17N5O2/c1-22-17(24)12-7-3-5-9-14(12)23-16(20-21-18(22)23)11-19-13-8-4-6-10-15(13)25-2/h3-10,19H,11H2,1-2H3. The molecule has 0 amide bonds. The summed E-state index contributed by atoms with van der Waals surface area (Å²) < 4.78 is 8.77. The molecule has 0 spiro atoms. The molecule has 4 rings (SSSR count). The summed E-state index contributed by atoms with van der Waals surface area (Å²) in [6, 6.07) is 15.2. The zero-order chi connectivity index (χ0) is 17.4. The van der Waals surface area contributed by atoms with E-state index >= 15 is 0 Å². The summed E-state index contributed by atoms with van der Waals surface area (Å²) in [6.45, 7) is 0.448. The van der Waals surface area contributed by atoms with Gasteiger partial charge in [0.25, 0.3) is 5.56 Å². The van der Waals surface area contributed by atoms with E-state index in [1.807, 2.05) is 52.9 Å². The van der Waals surface area contributed by atoms with Crippen LogP contribution in [-0.4, -0.2) is 26.3 Å². The molecule has 1 N–H and O–H groups in total. The molecule has 0 unspecified atom stereocenters. The van der Waals surface area contributed by atoms with Crippen LogP contribution in [0.25, 0.3) is 16.7 Å². The Morgan fingerprint density at radius 3 is 2.68 bits per heavy atom. The highest BCUT2D eigenvalue weighted by molar-refractivity contribution is 5.80. The predicted octanol–water partition coefficient (Wildman–Crippen LogP) is 2.20. The Morgan fingerprint density at radius 2 is 1.84 bits per heavy atom. The van der Waals surface area contributed by atoms with Crippen molar-refractivity contribution in [3.05, 3.63) is 64.7 Å². The summed E-state index contributed by atoms with van der Waals surface area (Å²) in [4.78, 5) is 12.5. The van der Waals surface area contributed by atoms with Gasteiger partial charge in [-0.25, -0.2) is 0 Å². The third-order valence-electron chi connectivity index (χ3n) is 4.24. The third-order valence-corrected chi connectivity index (χ3v) is 4.24. The van der Waals surface area contributed by atoms with Crippen molar-refractivity contribution in [3.8, 4) is 5.75 Å². The van der Waals surface area contributed by atoms with Crippen LogP contribution in [-0.2, 0) is 13.6 Å². The van der Waals surface area contributed by atoms with E-state index < -0.39 is 0 Å². The van der Waals surface area contributed by atoms with Crippen LogP contribution in [0, 0.1) is 0 Å². The topological polar surface area (TPSA) is 73.4 Å². The van der Waals surface area contributed by atoms with Crippen molar-refractivity contribution in [2.75, 3.05) is 12.4 Å². The van der Waals surface area contributed by atoms with E-state index in [9.17, 15) is 4.79 Å². The van der Waals surface area contributed by atoms with E-state index in [2.05, 4.69) is 15.5 Å². The first-order valence-electron chi connectivity index (χ1n) is 7.89. The normalized spacial score (nSPS) is 11.1. The van der Waals surface area contributed by atoms with Gasteiger partial charge in [0.2, 0.25) is 5.78 Å². The van der Waals surface area contributed by atoms with Crippen molar-refractivity contribution in [1.29, 1.82) is 0 Å².